The molecular formula is C33H35FN6. The van der Waals surface area contributed by atoms with Gasteiger partial charge in [-0.15, -0.1) is 0 Å². The molecule has 204 valence electrons. The maximum atomic E-state index is 13.2. The van der Waals surface area contributed by atoms with E-state index in [1.54, 1.807) is 0 Å². The maximum Gasteiger partial charge on any atom is 0.204 e. The normalized spacial score (nSPS) is 15.4. The molecule has 40 heavy (non-hydrogen) atoms. The van der Waals surface area contributed by atoms with Crippen molar-refractivity contribution in [1.82, 2.24) is 20.2 Å². The number of imidazole rings is 1. The molecule has 0 bridgehead atoms. The lowest BCUT2D eigenvalue weighted by Crippen LogP contribution is -2.36. The minimum Gasteiger partial charge on any atom is -0.372 e. The first kappa shape index (κ1) is 26.0. The molecule has 7 rings (SSSR count). The van der Waals surface area contributed by atoms with Crippen LogP contribution in [-0.2, 0) is 13.0 Å². The Morgan fingerprint density at radius 2 is 1.62 bits per heavy atom. The summed E-state index contributed by atoms with van der Waals surface area (Å²) in [6, 6.07) is 30.2. The molecule has 1 fully saturated rings. The van der Waals surface area contributed by atoms with Gasteiger partial charge in [-0.2, -0.15) is 0 Å². The second kappa shape index (κ2) is 12.3. The van der Waals surface area contributed by atoms with Crippen LogP contribution in [0.3, 0.4) is 0 Å². The summed E-state index contributed by atoms with van der Waals surface area (Å²) in [4.78, 5) is 9.22. The van der Waals surface area contributed by atoms with Gasteiger partial charge in [0, 0.05) is 19.0 Å². The number of hydrogen-bond donors (Lipinski definition) is 3. The van der Waals surface area contributed by atoms with E-state index in [4.69, 9.17) is 4.98 Å². The molecule has 3 heterocycles. The predicted molar refractivity (Wildman–Crippen MR) is 163 cm³/mol. The first-order chi connectivity index (χ1) is 19.7. The Bertz CT molecular complexity index is 1600. The Balaban J connectivity index is 0.000000157. The van der Waals surface area contributed by atoms with Gasteiger partial charge in [0.05, 0.1) is 24.1 Å². The number of piperidine rings is 1. The molecule has 0 saturated carbocycles. The predicted octanol–water partition coefficient (Wildman–Crippen LogP) is 5.77. The molecule has 6 nitrogen and oxygen atoms in total. The molecule has 0 aliphatic carbocycles. The summed E-state index contributed by atoms with van der Waals surface area (Å²) < 4.78 is 15.4. The third-order valence-electron chi connectivity index (χ3n) is 7.56. The number of amidine groups is 1. The van der Waals surface area contributed by atoms with Crippen LogP contribution >= 0.6 is 0 Å². The molecule has 2 aliphatic rings. The third-order valence-corrected chi connectivity index (χ3v) is 7.56. The van der Waals surface area contributed by atoms with Crippen molar-refractivity contribution in [2.45, 2.75) is 31.8 Å². The van der Waals surface area contributed by atoms with Crippen molar-refractivity contribution in [2.75, 3.05) is 31.5 Å². The highest BCUT2D eigenvalue weighted by atomic mass is 19.1. The lowest BCUT2D eigenvalue weighted by Gasteiger charge is -2.24. The van der Waals surface area contributed by atoms with E-state index in [-0.39, 0.29) is 5.82 Å². The monoisotopic (exact) mass is 534 g/mol. The molecule has 5 aromatic rings. The first-order valence-corrected chi connectivity index (χ1v) is 14.1. The smallest absolute Gasteiger partial charge is 0.204 e. The van der Waals surface area contributed by atoms with Gasteiger partial charge < -0.3 is 20.5 Å². The Labute approximate surface area is 234 Å². The molecule has 7 heteroatoms. The summed E-state index contributed by atoms with van der Waals surface area (Å²) in [5.74, 6) is 1.81. The molecule has 0 radical (unpaired) electrons. The molecule has 3 N–H and O–H groups in total. The average molecular weight is 535 g/mol. The van der Waals surface area contributed by atoms with Crippen molar-refractivity contribution < 1.29 is 4.39 Å². The van der Waals surface area contributed by atoms with Gasteiger partial charge in [-0.25, -0.2) is 9.37 Å². The number of hydrogen-bond acceptors (Lipinski definition) is 5. The van der Waals surface area contributed by atoms with Gasteiger partial charge in [0.15, 0.2) is 0 Å². The minimum atomic E-state index is -0.206. The fourth-order valence-electron chi connectivity index (χ4n) is 5.46. The van der Waals surface area contributed by atoms with Crippen LogP contribution in [0.2, 0.25) is 0 Å². The zero-order valence-corrected chi connectivity index (χ0v) is 22.6. The van der Waals surface area contributed by atoms with E-state index in [9.17, 15) is 4.39 Å². The number of anilines is 1. The fourth-order valence-corrected chi connectivity index (χ4v) is 5.46. The van der Waals surface area contributed by atoms with Crippen molar-refractivity contribution >= 4 is 33.6 Å². The highest BCUT2D eigenvalue weighted by Crippen LogP contribution is 2.23. The van der Waals surface area contributed by atoms with Crippen LogP contribution < -0.4 is 16.0 Å². The zero-order valence-electron chi connectivity index (χ0n) is 22.6. The fraction of sp³-hybridized carbons (Fsp3) is 0.273. The SMILES string of the molecule is Fc1ccc(Cn2c(NC3CCNCC3)nc3ccccc32)cc1.c1ccc2c(CC3=NCCN3)cccc2c1. The molecule has 4 aromatic carbocycles. The van der Waals surface area contributed by atoms with Crippen LogP contribution in [-0.4, -0.2) is 47.6 Å². The van der Waals surface area contributed by atoms with E-state index in [1.165, 1.54) is 28.5 Å². The van der Waals surface area contributed by atoms with Crippen LogP contribution in [0, 0.1) is 5.82 Å². The topological polar surface area (TPSA) is 66.3 Å². The number of benzene rings is 4. The van der Waals surface area contributed by atoms with Gasteiger partial charge in [-0.1, -0.05) is 66.7 Å². The van der Waals surface area contributed by atoms with Crippen molar-refractivity contribution in [3.63, 3.8) is 0 Å². The van der Waals surface area contributed by atoms with Crippen LogP contribution in [0.4, 0.5) is 10.3 Å². The first-order valence-electron chi connectivity index (χ1n) is 14.1. The molecule has 0 spiro atoms. The second-order valence-electron chi connectivity index (χ2n) is 10.4. The Morgan fingerprint density at radius 1 is 0.850 bits per heavy atom. The number of aromatic nitrogens is 2. The highest BCUT2D eigenvalue weighted by molar-refractivity contribution is 5.92. The van der Waals surface area contributed by atoms with E-state index in [0.717, 1.165) is 73.8 Å². The highest BCUT2D eigenvalue weighted by Gasteiger charge is 2.17. The number of rotatable bonds is 6. The average Bonchev–Trinajstić information content (AvgIpc) is 3.63. The van der Waals surface area contributed by atoms with E-state index in [1.807, 2.05) is 30.3 Å². The number of fused-ring (bicyclic) bond motifs is 2. The Morgan fingerprint density at radius 3 is 2.45 bits per heavy atom. The molecule has 0 amide bonds. The zero-order chi connectivity index (χ0) is 27.1. The summed E-state index contributed by atoms with van der Waals surface area (Å²) in [6.07, 6.45) is 3.11. The summed E-state index contributed by atoms with van der Waals surface area (Å²) in [5, 5.41) is 13.0. The van der Waals surface area contributed by atoms with Crippen molar-refractivity contribution in [3.05, 3.63) is 108 Å². The number of aliphatic imine (C=N–C) groups is 1. The number of nitrogens with zero attached hydrogens (tertiary/aromatic N) is 3. The molecule has 0 unspecified atom stereocenters. The van der Waals surface area contributed by atoms with E-state index < -0.39 is 0 Å². The Hall–Kier alpha value is -4.23. The molecule has 2 aliphatic heterocycles. The molecule has 1 aromatic heterocycles. The van der Waals surface area contributed by atoms with Crippen molar-refractivity contribution in [3.8, 4) is 0 Å². The van der Waals surface area contributed by atoms with Crippen LogP contribution in [0.5, 0.6) is 0 Å². The molecule has 0 atom stereocenters. The molecular weight excluding hydrogens is 499 g/mol. The largest absolute Gasteiger partial charge is 0.372 e. The van der Waals surface area contributed by atoms with Gasteiger partial charge in [0.2, 0.25) is 5.95 Å². The van der Waals surface area contributed by atoms with Gasteiger partial charge >= 0.3 is 0 Å². The number of para-hydroxylation sites is 2. The lowest BCUT2D eigenvalue weighted by molar-refractivity contribution is 0.476. The van der Waals surface area contributed by atoms with Gasteiger partial charge in [0.25, 0.3) is 0 Å². The Kier molecular flexibility index (Phi) is 8.00. The van der Waals surface area contributed by atoms with E-state index in [0.29, 0.717) is 12.6 Å². The second-order valence-corrected chi connectivity index (χ2v) is 10.4. The third kappa shape index (κ3) is 6.15. The van der Waals surface area contributed by atoms with Gasteiger partial charge in [-0.3, -0.25) is 4.99 Å². The summed E-state index contributed by atoms with van der Waals surface area (Å²) in [5.41, 5.74) is 4.49. The minimum absolute atomic E-state index is 0.206. The van der Waals surface area contributed by atoms with Crippen molar-refractivity contribution in [1.29, 1.82) is 0 Å². The summed E-state index contributed by atoms with van der Waals surface area (Å²) in [6.45, 7) is 4.65. The van der Waals surface area contributed by atoms with E-state index >= 15 is 0 Å². The standard InChI is InChI=1S/C19H21FN4.C14H14N2/c20-15-7-5-14(6-8-15)13-24-18-4-2-1-3-17(18)23-19(24)22-16-9-11-21-12-10-16;1-2-7-13-11(4-1)5-3-6-12(13)10-14-15-8-9-16-14/h1-8,16,21H,9-13H2,(H,22,23);1-7H,8-10H2,(H,15,16). The van der Waals surface area contributed by atoms with E-state index in [2.05, 4.69) is 74.0 Å². The maximum absolute atomic E-state index is 13.2. The summed E-state index contributed by atoms with van der Waals surface area (Å²) >= 11 is 0. The lowest BCUT2D eigenvalue weighted by atomic mass is 10.0. The number of halogens is 1. The summed E-state index contributed by atoms with van der Waals surface area (Å²) in [7, 11) is 0. The quantitative estimate of drug-likeness (QED) is 0.259. The van der Waals surface area contributed by atoms with Crippen molar-refractivity contribution in [2.24, 2.45) is 4.99 Å². The van der Waals surface area contributed by atoms with Gasteiger partial charge in [0.1, 0.15) is 11.7 Å². The van der Waals surface area contributed by atoms with Gasteiger partial charge in [-0.05, 0) is 72.1 Å². The number of nitrogens with one attached hydrogen (secondary N) is 3. The van der Waals surface area contributed by atoms with Crippen LogP contribution in [0.1, 0.15) is 24.0 Å². The van der Waals surface area contributed by atoms with Crippen LogP contribution in [0.25, 0.3) is 21.8 Å². The molecule has 1 saturated heterocycles. The van der Waals surface area contributed by atoms with Crippen LogP contribution in [0.15, 0.2) is 96.0 Å².